The van der Waals surface area contributed by atoms with Crippen LogP contribution in [-0.4, -0.2) is 21.2 Å². The molecule has 0 aliphatic rings. The van der Waals surface area contributed by atoms with Gasteiger partial charge >= 0.3 is 0 Å². The van der Waals surface area contributed by atoms with Crippen molar-refractivity contribution < 1.29 is 9.15 Å². The number of hydrogen-bond acceptors (Lipinski definition) is 6. The van der Waals surface area contributed by atoms with Crippen LogP contribution in [0, 0.1) is 6.92 Å². The van der Waals surface area contributed by atoms with Gasteiger partial charge in [0.25, 0.3) is 5.56 Å². The van der Waals surface area contributed by atoms with Crippen LogP contribution >= 0.6 is 11.3 Å². The van der Waals surface area contributed by atoms with Crippen molar-refractivity contribution in [3.63, 3.8) is 0 Å². The molecule has 3 aromatic heterocycles. The Bertz CT molecular complexity index is 1480. The zero-order valence-electron chi connectivity index (χ0n) is 16.6. The van der Waals surface area contributed by atoms with E-state index in [0.717, 1.165) is 34.3 Å². The Balaban J connectivity index is 1.59. The summed E-state index contributed by atoms with van der Waals surface area (Å²) in [6.45, 7) is 4.66. The quantitative estimate of drug-likeness (QED) is 0.428. The third-order valence-electron chi connectivity index (χ3n) is 4.90. The van der Waals surface area contributed by atoms with E-state index in [-0.39, 0.29) is 5.56 Å². The normalized spacial score (nSPS) is 12.3. The van der Waals surface area contributed by atoms with Crippen molar-refractivity contribution in [2.24, 2.45) is 0 Å². The van der Waals surface area contributed by atoms with Gasteiger partial charge in [0, 0.05) is 16.5 Å². The van der Waals surface area contributed by atoms with Gasteiger partial charge < -0.3 is 9.15 Å². The summed E-state index contributed by atoms with van der Waals surface area (Å²) in [5, 5.41) is 5.45. The predicted octanol–water partition coefficient (Wildman–Crippen LogP) is 4.21. The molecular formula is C23H19N3O3S. The Hall–Kier alpha value is -3.45. The Morgan fingerprint density at radius 2 is 1.97 bits per heavy atom. The summed E-state index contributed by atoms with van der Waals surface area (Å²) >= 11 is 1.30. The van der Waals surface area contributed by atoms with Crippen molar-refractivity contribution in [3.05, 3.63) is 74.5 Å². The number of benzene rings is 2. The highest BCUT2D eigenvalue weighted by molar-refractivity contribution is 7.15. The molecule has 150 valence electrons. The van der Waals surface area contributed by atoms with Crippen LogP contribution in [0.1, 0.15) is 24.5 Å². The van der Waals surface area contributed by atoms with Gasteiger partial charge in [-0.15, -0.1) is 5.10 Å². The highest BCUT2D eigenvalue weighted by Crippen LogP contribution is 2.31. The average molecular weight is 417 g/mol. The molecule has 0 saturated heterocycles. The summed E-state index contributed by atoms with van der Waals surface area (Å²) in [6.07, 6.45) is 2.75. The molecule has 7 heteroatoms. The summed E-state index contributed by atoms with van der Waals surface area (Å²) in [4.78, 5) is 18.0. The molecule has 0 bridgehead atoms. The van der Waals surface area contributed by atoms with E-state index in [0.29, 0.717) is 27.7 Å². The first-order valence-corrected chi connectivity index (χ1v) is 10.6. The second-order valence-electron chi connectivity index (χ2n) is 6.98. The fraction of sp³-hybridized carbons (Fsp3) is 0.174. The highest BCUT2D eigenvalue weighted by Gasteiger charge is 2.19. The maximum absolute atomic E-state index is 12.9. The van der Waals surface area contributed by atoms with Gasteiger partial charge in [0.15, 0.2) is 5.76 Å². The maximum atomic E-state index is 12.9. The van der Waals surface area contributed by atoms with Crippen LogP contribution in [0.5, 0.6) is 5.75 Å². The number of para-hydroxylation sites is 2. The van der Waals surface area contributed by atoms with Crippen molar-refractivity contribution in [1.82, 2.24) is 14.6 Å². The molecule has 2 aromatic carbocycles. The molecule has 0 unspecified atom stereocenters. The van der Waals surface area contributed by atoms with Crippen molar-refractivity contribution in [2.75, 3.05) is 6.61 Å². The summed E-state index contributed by atoms with van der Waals surface area (Å²) in [5.41, 5.74) is 2.40. The molecule has 0 spiro atoms. The fourth-order valence-corrected chi connectivity index (χ4v) is 4.30. The Morgan fingerprint density at radius 3 is 2.77 bits per heavy atom. The zero-order valence-corrected chi connectivity index (χ0v) is 17.4. The third kappa shape index (κ3) is 3.07. The topological polar surface area (TPSA) is 69.6 Å². The molecule has 3 heterocycles. The van der Waals surface area contributed by atoms with E-state index in [1.807, 2.05) is 61.5 Å². The van der Waals surface area contributed by atoms with E-state index in [1.165, 1.54) is 15.9 Å². The van der Waals surface area contributed by atoms with Gasteiger partial charge in [-0.1, -0.05) is 54.7 Å². The molecule has 6 nitrogen and oxygen atoms in total. The molecule has 0 aliphatic heterocycles. The van der Waals surface area contributed by atoms with Gasteiger partial charge in [-0.25, -0.2) is 0 Å². The van der Waals surface area contributed by atoms with Gasteiger partial charge in [0.05, 0.1) is 11.1 Å². The molecule has 0 saturated carbocycles. The van der Waals surface area contributed by atoms with Crippen molar-refractivity contribution in [1.29, 1.82) is 0 Å². The monoisotopic (exact) mass is 417 g/mol. The number of aromatic nitrogens is 3. The second-order valence-corrected chi connectivity index (χ2v) is 7.99. The third-order valence-corrected chi connectivity index (χ3v) is 5.86. The number of furan rings is 1. The number of hydrogen-bond donors (Lipinski definition) is 0. The lowest BCUT2D eigenvalue weighted by Crippen LogP contribution is -2.23. The first-order valence-electron chi connectivity index (χ1n) is 9.77. The highest BCUT2D eigenvalue weighted by atomic mass is 32.1. The number of aryl methyl sites for hydroxylation is 1. The molecule has 5 rings (SSSR count). The number of nitrogens with zero attached hydrogens (tertiary/aromatic N) is 3. The Morgan fingerprint density at radius 1 is 1.17 bits per heavy atom. The lowest BCUT2D eigenvalue weighted by Gasteiger charge is -2.07. The summed E-state index contributed by atoms with van der Waals surface area (Å²) in [6, 6.07) is 15.5. The van der Waals surface area contributed by atoms with Crippen molar-refractivity contribution in [3.8, 4) is 17.3 Å². The SMILES string of the molecule is CCCOc1ccccc1C=c1sc2nc(-c3oc4ccccc4c3C)nn2c1=O. The molecule has 0 fully saturated rings. The average Bonchev–Trinajstić information content (AvgIpc) is 3.41. The minimum absolute atomic E-state index is 0.201. The van der Waals surface area contributed by atoms with E-state index in [4.69, 9.17) is 9.15 Å². The van der Waals surface area contributed by atoms with E-state index < -0.39 is 0 Å². The van der Waals surface area contributed by atoms with Gasteiger partial charge in [0.1, 0.15) is 11.3 Å². The first kappa shape index (κ1) is 18.6. The first-order chi connectivity index (χ1) is 14.7. The summed E-state index contributed by atoms with van der Waals surface area (Å²) in [5.74, 6) is 1.77. The van der Waals surface area contributed by atoms with Crippen LogP contribution in [0.25, 0.3) is 33.6 Å². The fourth-order valence-electron chi connectivity index (χ4n) is 3.40. The Kier molecular flexibility index (Phi) is 4.59. The van der Waals surface area contributed by atoms with Crippen LogP contribution in [-0.2, 0) is 0 Å². The van der Waals surface area contributed by atoms with Crippen LogP contribution in [0.3, 0.4) is 0 Å². The van der Waals surface area contributed by atoms with Crippen LogP contribution in [0.4, 0.5) is 0 Å². The smallest absolute Gasteiger partial charge is 0.291 e. The van der Waals surface area contributed by atoms with Crippen molar-refractivity contribution >= 4 is 33.3 Å². The molecule has 0 atom stereocenters. The largest absolute Gasteiger partial charge is 0.493 e. The summed E-state index contributed by atoms with van der Waals surface area (Å²) < 4.78 is 13.6. The minimum atomic E-state index is -0.201. The van der Waals surface area contributed by atoms with E-state index in [2.05, 4.69) is 17.0 Å². The molecule has 0 radical (unpaired) electrons. The number of rotatable bonds is 5. The molecule has 0 amide bonds. The molecule has 0 N–H and O–H groups in total. The predicted molar refractivity (Wildman–Crippen MR) is 118 cm³/mol. The number of thiazole rings is 1. The lowest BCUT2D eigenvalue weighted by molar-refractivity contribution is 0.317. The van der Waals surface area contributed by atoms with Crippen LogP contribution in [0.2, 0.25) is 0 Å². The van der Waals surface area contributed by atoms with E-state index in [1.54, 1.807) is 0 Å². The molecular weight excluding hydrogens is 398 g/mol. The molecule has 30 heavy (non-hydrogen) atoms. The minimum Gasteiger partial charge on any atom is -0.493 e. The number of fused-ring (bicyclic) bond motifs is 2. The maximum Gasteiger partial charge on any atom is 0.291 e. The summed E-state index contributed by atoms with van der Waals surface area (Å²) in [7, 11) is 0. The van der Waals surface area contributed by atoms with E-state index >= 15 is 0 Å². The van der Waals surface area contributed by atoms with Crippen LogP contribution < -0.4 is 14.8 Å². The molecule has 0 aliphatic carbocycles. The van der Waals surface area contributed by atoms with E-state index in [9.17, 15) is 4.79 Å². The van der Waals surface area contributed by atoms with Gasteiger partial charge in [-0.3, -0.25) is 4.79 Å². The Labute approximate surface area is 176 Å². The zero-order chi connectivity index (χ0) is 20.7. The van der Waals surface area contributed by atoms with Gasteiger partial charge in [-0.05, 0) is 31.6 Å². The van der Waals surface area contributed by atoms with Crippen molar-refractivity contribution in [2.45, 2.75) is 20.3 Å². The standard InChI is InChI=1S/C23H19N3O3S/c1-3-12-28-17-10-6-4-8-15(17)13-19-22(27)26-23(30-19)24-21(25-26)20-14(2)16-9-5-7-11-18(16)29-20/h4-11,13H,3,12H2,1-2H3. The van der Waals surface area contributed by atoms with Gasteiger partial charge in [-0.2, -0.15) is 9.50 Å². The lowest BCUT2D eigenvalue weighted by atomic mass is 10.1. The van der Waals surface area contributed by atoms with Crippen LogP contribution in [0.15, 0.2) is 57.7 Å². The second kappa shape index (κ2) is 7.42. The molecule has 5 aromatic rings. The number of ether oxygens (including phenoxy) is 1. The van der Waals surface area contributed by atoms with Gasteiger partial charge in [0.2, 0.25) is 10.8 Å².